The summed E-state index contributed by atoms with van der Waals surface area (Å²) in [6, 6.07) is 1.72. The fraction of sp³-hybridized carbons (Fsp3) is 0.412. The predicted molar refractivity (Wildman–Crippen MR) is 92.3 cm³/mol. The number of amides is 1. The highest BCUT2D eigenvalue weighted by Gasteiger charge is 2.23. The Bertz CT molecular complexity index is 725. The first-order valence-corrected chi connectivity index (χ1v) is 7.75. The SMILES string of the molecule is COC(=O)c1cc(F)c(C=CCCNC(=O)OC(C)(C)C)cc1[N+](=O)[O-]. The third kappa shape index (κ3) is 6.50. The average molecular weight is 368 g/mol. The molecule has 0 spiro atoms. The number of nitro benzene ring substituents is 1. The van der Waals surface area contributed by atoms with Gasteiger partial charge in [-0.1, -0.05) is 12.2 Å². The molecule has 26 heavy (non-hydrogen) atoms. The maximum absolute atomic E-state index is 14.0. The summed E-state index contributed by atoms with van der Waals surface area (Å²) in [7, 11) is 1.05. The second-order valence-electron chi connectivity index (χ2n) is 6.26. The quantitative estimate of drug-likeness (QED) is 0.357. The molecule has 1 rings (SSSR count). The van der Waals surface area contributed by atoms with Gasteiger partial charge < -0.3 is 14.8 Å². The highest BCUT2D eigenvalue weighted by Crippen LogP contribution is 2.24. The molecular weight excluding hydrogens is 347 g/mol. The standard InChI is InChI=1S/C17H21FN2O6/c1-17(2,3)26-16(22)19-8-6-5-7-11-9-14(20(23)24)12(10-13(11)18)15(21)25-4/h5,7,9-10H,6,8H2,1-4H3,(H,19,22). The first-order chi connectivity index (χ1) is 12.0. The number of halogens is 1. The number of ether oxygens (including phenoxy) is 2. The van der Waals surface area contributed by atoms with Crippen LogP contribution in [0.3, 0.4) is 0 Å². The van der Waals surface area contributed by atoms with E-state index in [0.717, 1.165) is 19.2 Å². The van der Waals surface area contributed by atoms with E-state index in [2.05, 4.69) is 10.1 Å². The first kappa shape index (κ1) is 21.1. The van der Waals surface area contributed by atoms with Crippen LogP contribution in [0.1, 0.15) is 43.1 Å². The van der Waals surface area contributed by atoms with Crippen molar-refractivity contribution in [2.75, 3.05) is 13.7 Å². The number of rotatable bonds is 6. The van der Waals surface area contributed by atoms with Crippen molar-refractivity contribution in [3.63, 3.8) is 0 Å². The molecule has 0 saturated carbocycles. The highest BCUT2D eigenvalue weighted by atomic mass is 19.1. The lowest BCUT2D eigenvalue weighted by Gasteiger charge is -2.19. The van der Waals surface area contributed by atoms with Crippen LogP contribution in [0.25, 0.3) is 6.08 Å². The van der Waals surface area contributed by atoms with Crippen molar-refractivity contribution < 1.29 is 28.4 Å². The van der Waals surface area contributed by atoms with E-state index in [1.165, 1.54) is 12.2 Å². The van der Waals surface area contributed by atoms with E-state index in [1.54, 1.807) is 20.8 Å². The van der Waals surface area contributed by atoms with Gasteiger partial charge in [0.15, 0.2) is 0 Å². The summed E-state index contributed by atoms with van der Waals surface area (Å²) in [5, 5.41) is 13.6. The fourth-order valence-electron chi connectivity index (χ4n) is 1.91. The van der Waals surface area contributed by atoms with Crippen LogP contribution in [0, 0.1) is 15.9 Å². The van der Waals surface area contributed by atoms with E-state index in [1.807, 2.05) is 0 Å². The summed E-state index contributed by atoms with van der Waals surface area (Å²) in [6.07, 6.45) is 2.65. The molecule has 0 fully saturated rings. The monoisotopic (exact) mass is 368 g/mol. The van der Waals surface area contributed by atoms with Gasteiger partial charge in [-0.3, -0.25) is 10.1 Å². The molecule has 9 heteroatoms. The van der Waals surface area contributed by atoms with Crippen LogP contribution >= 0.6 is 0 Å². The van der Waals surface area contributed by atoms with Gasteiger partial charge >= 0.3 is 12.1 Å². The Balaban J connectivity index is 2.76. The lowest BCUT2D eigenvalue weighted by Crippen LogP contribution is -2.32. The maximum atomic E-state index is 14.0. The van der Waals surface area contributed by atoms with Crippen molar-refractivity contribution in [2.45, 2.75) is 32.8 Å². The van der Waals surface area contributed by atoms with E-state index < -0.39 is 39.7 Å². The molecule has 1 N–H and O–H groups in total. The molecule has 0 saturated heterocycles. The normalized spacial score (nSPS) is 11.3. The van der Waals surface area contributed by atoms with Crippen LogP contribution in [0.4, 0.5) is 14.9 Å². The smallest absolute Gasteiger partial charge is 0.407 e. The summed E-state index contributed by atoms with van der Waals surface area (Å²) in [4.78, 5) is 33.2. The fourth-order valence-corrected chi connectivity index (χ4v) is 1.91. The number of benzene rings is 1. The second kappa shape index (κ2) is 8.93. The number of esters is 1. The zero-order valence-electron chi connectivity index (χ0n) is 15.0. The topological polar surface area (TPSA) is 108 Å². The molecule has 142 valence electrons. The zero-order valence-corrected chi connectivity index (χ0v) is 15.0. The Hall–Kier alpha value is -2.97. The van der Waals surface area contributed by atoms with Crippen molar-refractivity contribution in [3.8, 4) is 0 Å². The van der Waals surface area contributed by atoms with E-state index >= 15 is 0 Å². The average Bonchev–Trinajstić information content (AvgIpc) is 2.52. The highest BCUT2D eigenvalue weighted by molar-refractivity contribution is 5.94. The Morgan fingerprint density at radius 3 is 2.54 bits per heavy atom. The van der Waals surface area contributed by atoms with Gasteiger partial charge in [-0.05, 0) is 33.3 Å². The number of hydrogen-bond acceptors (Lipinski definition) is 6. The largest absolute Gasteiger partial charge is 0.465 e. The molecule has 0 unspecified atom stereocenters. The Morgan fingerprint density at radius 2 is 2.00 bits per heavy atom. The predicted octanol–water partition coefficient (Wildman–Crippen LogP) is 3.45. The Labute approximate surface area is 150 Å². The Morgan fingerprint density at radius 1 is 1.35 bits per heavy atom. The molecule has 0 aliphatic carbocycles. The summed E-state index contributed by atoms with van der Waals surface area (Å²) in [5.41, 5.74) is -1.67. The summed E-state index contributed by atoms with van der Waals surface area (Å²) in [6.45, 7) is 5.45. The summed E-state index contributed by atoms with van der Waals surface area (Å²) < 4.78 is 23.5. The number of nitro groups is 1. The van der Waals surface area contributed by atoms with Gasteiger partial charge in [0.2, 0.25) is 0 Å². The van der Waals surface area contributed by atoms with Crippen LogP contribution in [-0.4, -0.2) is 36.2 Å². The number of nitrogens with one attached hydrogen (secondary N) is 1. The third-order valence-electron chi connectivity index (χ3n) is 2.99. The number of alkyl carbamates (subject to hydrolysis) is 1. The van der Waals surface area contributed by atoms with Gasteiger partial charge in [0, 0.05) is 18.2 Å². The van der Waals surface area contributed by atoms with Crippen LogP contribution in [0.15, 0.2) is 18.2 Å². The summed E-state index contributed by atoms with van der Waals surface area (Å²) in [5.74, 6) is -1.79. The van der Waals surface area contributed by atoms with Gasteiger partial charge in [-0.2, -0.15) is 0 Å². The molecule has 8 nitrogen and oxygen atoms in total. The molecule has 0 atom stereocenters. The number of carbonyl (C=O) groups is 2. The lowest BCUT2D eigenvalue weighted by atomic mass is 10.1. The molecule has 0 radical (unpaired) electrons. The number of nitrogens with zero attached hydrogens (tertiary/aromatic N) is 1. The van der Waals surface area contributed by atoms with Crippen LogP contribution in [-0.2, 0) is 9.47 Å². The van der Waals surface area contributed by atoms with Gasteiger partial charge in [-0.25, -0.2) is 14.0 Å². The zero-order chi connectivity index (χ0) is 19.9. The molecule has 0 bridgehead atoms. The maximum Gasteiger partial charge on any atom is 0.407 e. The minimum atomic E-state index is -0.993. The molecule has 0 aromatic heterocycles. The van der Waals surface area contributed by atoms with E-state index in [0.29, 0.717) is 6.42 Å². The summed E-state index contributed by atoms with van der Waals surface area (Å²) >= 11 is 0. The third-order valence-corrected chi connectivity index (χ3v) is 2.99. The van der Waals surface area contributed by atoms with Gasteiger partial charge in [0.25, 0.3) is 5.69 Å². The van der Waals surface area contributed by atoms with Crippen LogP contribution in [0.2, 0.25) is 0 Å². The molecule has 1 aromatic rings. The minimum absolute atomic E-state index is 0.0541. The number of carbonyl (C=O) groups excluding carboxylic acids is 2. The van der Waals surface area contributed by atoms with E-state index in [4.69, 9.17) is 4.74 Å². The van der Waals surface area contributed by atoms with Gasteiger partial charge in [0.05, 0.1) is 12.0 Å². The van der Waals surface area contributed by atoms with Crippen molar-refractivity contribution in [2.24, 2.45) is 0 Å². The van der Waals surface area contributed by atoms with Crippen LogP contribution in [0.5, 0.6) is 0 Å². The number of hydrogen-bond donors (Lipinski definition) is 1. The number of methoxy groups -OCH3 is 1. The van der Waals surface area contributed by atoms with Gasteiger partial charge in [0.1, 0.15) is 17.0 Å². The first-order valence-electron chi connectivity index (χ1n) is 7.75. The molecule has 1 amide bonds. The van der Waals surface area contributed by atoms with Crippen molar-refractivity contribution >= 4 is 23.8 Å². The van der Waals surface area contributed by atoms with E-state index in [-0.39, 0.29) is 12.1 Å². The second-order valence-corrected chi connectivity index (χ2v) is 6.26. The molecule has 1 aromatic carbocycles. The van der Waals surface area contributed by atoms with Gasteiger partial charge in [-0.15, -0.1) is 0 Å². The molecular formula is C17H21FN2O6. The molecule has 0 aliphatic heterocycles. The van der Waals surface area contributed by atoms with Crippen molar-refractivity contribution in [3.05, 3.63) is 45.3 Å². The van der Waals surface area contributed by atoms with Crippen LogP contribution < -0.4 is 5.32 Å². The van der Waals surface area contributed by atoms with Crippen molar-refractivity contribution in [1.29, 1.82) is 0 Å². The molecule has 0 heterocycles. The van der Waals surface area contributed by atoms with Crippen molar-refractivity contribution in [1.82, 2.24) is 5.32 Å². The Kier molecular flexibility index (Phi) is 7.24. The van der Waals surface area contributed by atoms with E-state index in [9.17, 15) is 24.1 Å². The lowest BCUT2D eigenvalue weighted by molar-refractivity contribution is -0.385. The molecule has 0 aliphatic rings. The minimum Gasteiger partial charge on any atom is -0.465 e.